The molecule has 1 fully saturated rings. The zero-order chi connectivity index (χ0) is 12.3. The normalized spacial score (nSPS) is 23.1. The van der Waals surface area contributed by atoms with Gasteiger partial charge in [-0.05, 0) is 17.9 Å². The molecule has 3 heteroatoms. The van der Waals surface area contributed by atoms with Crippen LogP contribution in [0, 0.1) is 5.92 Å². The Morgan fingerprint density at radius 3 is 2.59 bits per heavy atom. The molecule has 0 amide bonds. The molecule has 0 saturated heterocycles. The van der Waals surface area contributed by atoms with Crippen LogP contribution in [0.1, 0.15) is 17.9 Å². The van der Waals surface area contributed by atoms with E-state index in [1.54, 1.807) is 7.11 Å². The van der Waals surface area contributed by atoms with Crippen LogP contribution in [0.25, 0.3) is 0 Å². The van der Waals surface area contributed by atoms with E-state index in [-0.39, 0.29) is 11.9 Å². The van der Waals surface area contributed by atoms with Gasteiger partial charge in [-0.15, -0.1) is 0 Å². The molecule has 1 aliphatic rings. The van der Waals surface area contributed by atoms with Gasteiger partial charge < -0.3 is 9.47 Å². The number of methoxy groups -OCH3 is 2. The predicted molar refractivity (Wildman–Crippen MR) is 64.4 cm³/mol. The fourth-order valence-corrected chi connectivity index (χ4v) is 2.14. The maximum atomic E-state index is 11.6. The smallest absolute Gasteiger partial charge is 0.337 e. The van der Waals surface area contributed by atoms with Gasteiger partial charge in [-0.3, -0.25) is 0 Å². The Balaban J connectivity index is 2.11. The second-order valence-electron chi connectivity index (χ2n) is 4.16. The number of carbonyl (C=O) groups is 1. The first-order valence-corrected chi connectivity index (χ1v) is 5.64. The zero-order valence-corrected chi connectivity index (χ0v) is 10.1. The summed E-state index contributed by atoms with van der Waals surface area (Å²) in [5.41, 5.74) is 1.90. The highest BCUT2D eigenvalue weighted by molar-refractivity contribution is 5.89. The van der Waals surface area contributed by atoms with Crippen molar-refractivity contribution in [3.63, 3.8) is 0 Å². The molecular weight excluding hydrogens is 216 g/mol. The van der Waals surface area contributed by atoms with Gasteiger partial charge >= 0.3 is 5.97 Å². The lowest BCUT2D eigenvalue weighted by molar-refractivity contribution is -0.136. The molecule has 0 N–H and O–H groups in total. The molecule has 90 valence electrons. The molecule has 1 aromatic rings. The Morgan fingerprint density at radius 2 is 2.00 bits per heavy atom. The van der Waals surface area contributed by atoms with Gasteiger partial charge in [-0.2, -0.15) is 0 Å². The summed E-state index contributed by atoms with van der Waals surface area (Å²) in [6.07, 6.45) is 2.48. The highest BCUT2D eigenvalue weighted by Gasteiger charge is 2.44. The fourth-order valence-electron chi connectivity index (χ4n) is 2.14. The second-order valence-corrected chi connectivity index (χ2v) is 4.16. The van der Waals surface area contributed by atoms with Gasteiger partial charge in [-0.25, -0.2) is 4.79 Å². The van der Waals surface area contributed by atoms with E-state index >= 15 is 0 Å². The molecule has 0 aromatic heterocycles. The number of ether oxygens (including phenoxy) is 2. The molecule has 1 aromatic carbocycles. The van der Waals surface area contributed by atoms with Crippen LogP contribution in [0.4, 0.5) is 0 Å². The maximum absolute atomic E-state index is 11.6. The zero-order valence-electron chi connectivity index (χ0n) is 10.1. The molecule has 3 nitrogen and oxygen atoms in total. The van der Waals surface area contributed by atoms with Crippen molar-refractivity contribution in [2.75, 3.05) is 14.2 Å². The predicted octanol–water partition coefficient (Wildman–Crippen LogP) is 2.49. The van der Waals surface area contributed by atoms with Crippen LogP contribution in [0.15, 0.2) is 42.2 Å². The molecule has 0 bridgehead atoms. The number of esters is 1. The van der Waals surface area contributed by atoms with Crippen molar-refractivity contribution in [2.24, 2.45) is 5.92 Å². The minimum absolute atomic E-state index is 0.227. The standard InChI is InChI=1S/C14H16O3/c1-16-9-13(14(15)17-2)12-8-11(12)10-6-4-3-5-7-10/h3-7,9,11-12H,8H2,1-2H3/b13-9+/t11?,12-/m1/s1. The van der Waals surface area contributed by atoms with Crippen LogP contribution in [-0.4, -0.2) is 20.2 Å². The summed E-state index contributed by atoms with van der Waals surface area (Å²) in [7, 11) is 2.94. The minimum atomic E-state index is -0.296. The molecule has 2 atom stereocenters. The summed E-state index contributed by atoms with van der Waals surface area (Å²) in [5, 5.41) is 0. The van der Waals surface area contributed by atoms with Crippen molar-refractivity contribution in [2.45, 2.75) is 12.3 Å². The molecule has 17 heavy (non-hydrogen) atoms. The number of rotatable bonds is 4. The largest absolute Gasteiger partial charge is 0.504 e. The van der Waals surface area contributed by atoms with Crippen molar-refractivity contribution < 1.29 is 14.3 Å². The monoisotopic (exact) mass is 232 g/mol. The number of hydrogen-bond donors (Lipinski definition) is 0. The lowest BCUT2D eigenvalue weighted by Gasteiger charge is -2.04. The summed E-state index contributed by atoms with van der Waals surface area (Å²) in [4.78, 5) is 11.6. The summed E-state index contributed by atoms with van der Waals surface area (Å²) in [5.74, 6) is 0.344. The number of hydrogen-bond acceptors (Lipinski definition) is 3. The summed E-state index contributed by atoms with van der Waals surface area (Å²) in [6.45, 7) is 0. The van der Waals surface area contributed by atoms with Crippen molar-refractivity contribution in [3.05, 3.63) is 47.7 Å². The van der Waals surface area contributed by atoms with Crippen LogP contribution in [0.2, 0.25) is 0 Å². The van der Waals surface area contributed by atoms with E-state index in [0.717, 1.165) is 6.42 Å². The van der Waals surface area contributed by atoms with Gasteiger partial charge in [0, 0.05) is 5.92 Å². The van der Waals surface area contributed by atoms with Crippen molar-refractivity contribution >= 4 is 5.97 Å². The summed E-state index contributed by atoms with van der Waals surface area (Å²) >= 11 is 0. The molecule has 2 rings (SSSR count). The van der Waals surface area contributed by atoms with Gasteiger partial charge in [0.05, 0.1) is 26.1 Å². The topological polar surface area (TPSA) is 35.5 Å². The van der Waals surface area contributed by atoms with Gasteiger partial charge in [0.25, 0.3) is 0 Å². The third-order valence-corrected chi connectivity index (χ3v) is 3.08. The maximum Gasteiger partial charge on any atom is 0.337 e. The Kier molecular flexibility index (Phi) is 3.47. The van der Waals surface area contributed by atoms with Crippen LogP contribution in [0.5, 0.6) is 0 Å². The van der Waals surface area contributed by atoms with Crippen LogP contribution in [0.3, 0.4) is 0 Å². The highest BCUT2D eigenvalue weighted by atomic mass is 16.5. The molecule has 0 radical (unpaired) electrons. The molecule has 1 aliphatic carbocycles. The van der Waals surface area contributed by atoms with E-state index < -0.39 is 0 Å². The molecule has 1 saturated carbocycles. The van der Waals surface area contributed by atoms with Gasteiger partial charge in [-0.1, -0.05) is 30.3 Å². The van der Waals surface area contributed by atoms with E-state index in [9.17, 15) is 4.79 Å². The van der Waals surface area contributed by atoms with E-state index in [0.29, 0.717) is 11.5 Å². The molecular formula is C14H16O3. The molecule has 0 heterocycles. The van der Waals surface area contributed by atoms with Crippen molar-refractivity contribution in [1.82, 2.24) is 0 Å². The van der Waals surface area contributed by atoms with Crippen LogP contribution < -0.4 is 0 Å². The van der Waals surface area contributed by atoms with Gasteiger partial charge in [0.1, 0.15) is 0 Å². The fraction of sp³-hybridized carbons (Fsp3) is 0.357. The van der Waals surface area contributed by atoms with E-state index in [4.69, 9.17) is 9.47 Å². The van der Waals surface area contributed by atoms with E-state index in [2.05, 4.69) is 12.1 Å². The molecule has 1 unspecified atom stereocenters. The number of carbonyl (C=O) groups excluding carboxylic acids is 1. The van der Waals surface area contributed by atoms with Gasteiger partial charge in [0.15, 0.2) is 0 Å². The summed E-state index contributed by atoms with van der Waals surface area (Å²) < 4.78 is 9.71. The molecule has 0 spiro atoms. The highest BCUT2D eigenvalue weighted by Crippen LogP contribution is 2.51. The van der Waals surface area contributed by atoms with Crippen LogP contribution >= 0.6 is 0 Å². The van der Waals surface area contributed by atoms with Gasteiger partial charge in [0.2, 0.25) is 0 Å². The Hall–Kier alpha value is -1.77. The molecule has 0 aliphatic heterocycles. The first-order valence-electron chi connectivity index (χ1n) is 5.64. The third kappa shape index (κ3) is 2.49. The minimum Gasteiger partial charge on any atom is -0.504 e. The average Bonchev–Trinajstić information content (AvgIpc) is 3.16. The van der Waals surface area contributed by atoms with Crippen molar-refractivity contribution in [3.8, 4) is 0 Å². The van der Waals surface area contributed by atoms with E-state index in [1.165, 1.54) is 18.9 Å². The Morgan fingerprint density at radius 1 is 1.29 bits per heavy atom. The Bertz CT molecular complexity index is 422. The summed E-state index contributed by atoms with van der Waals surface area (Å²) in [6, 6.07) is 10.2. The van der Waals surface area contributed by atoms with Crippen LogP contribution in [-0.2, 0) is 14.3 Å². The SMILES string of the molecule is CO/C=C(/C(=O)OC)[C@@H]1CC1c1ccccc1. The first-order chi connectivity index (χ1) is 8.27. The Labute approximate surface area is 101 Å². The van der Waals surface area contributed by atoms with Crippen molar-refractivity contribution in [1.29, 1.82) is 0 Å². The second kappa shape index (κ2) is 5.04. The van der Waals surface area contributed by atoms with E-state index in [1.807, 2.05) is 18.2 Å². The lowest BCUT2D eigenvalue weighted by Crippen LogP contribution is -2.07. The first kappa shape index (κ1) is 11.7. The quantitative estimate of drug-likeness (QED) is 0.454. The average molecular weight is 232 g/mol. The third-order valence-electron chi connectivity index (χ3n) is 3.08. The number of benzene rings is 1. The lowest BCUT2D eigenvalue weighted by atomic mass is 10.1.